The molecular weight excluding hydrogens is 446 g/mol. The van der Waals surface area contributed by atoms with Crippen molar-refractivity contribution in [2.24, 2.45) is 0 Å². The molecule has 0 spiro atoms. The molecule has 1 aliphatic heterocycles. The summed E-state index contributed by atoms with van der Waals surface area (Å²) in [6, 6.07) is 19.7. The van der Waals surface area contributed by atoms with E-state index < -0.39 is 0 Å². The number of imidazole rings is 1. The zero-order valence-corrected chi connectivity index (χ0v) is 20.1. The van der Waals surface area contributed by atoms with Gasteiger partial charge in [-0.1, -0.05) is 6.07 Å². The van der Waals surface area contributed by atoms with Crippen molar-refractivity contribution in [3.8, 4) is 11.5 Å². The van der Waals surface area contributed by atoms with Gasteiger partial charge < -0.3 is 18.8 Å². The van der Waals surface area contributed by atoms with Crippen molar-refractivity contribution < 1.29 is 14.3 Å². The van der Waals surface area contributed by atoms with E-state index in [1.165, 1.54) is 0 Å². The molecule has 0 bridgehead atoms. The second-order valence-corrected chi connectivity index (χ2v) is 9.32. The summed E-state index contributed by atoms with van der Waals surface area (Å²) in [4.78, 5) is 21.1. The van der Waals surface area contributed by atoms with Gasteiger partial charge >= 0.3 is 0 Å². The number of likely N-dealkylation sites (tertiary alicyclic amines) is 1. The highest BCUT2D eigenvalue weighted by Crippen LogP contribution is 2.39. The molecule has 3 heterocycles. The molecule has 6 nitrogen and oxygen atoms in total. The lowest BCUT2D eigenvalue weighted by Gasteiger charge is -2.26. The normalized spacial score (nSPS) is 15.6. The summed E-state index contributed by atoms with van der Waals surface area (Å²) in [6.07, 6.45) is 5.95. The largest absolute Gasteiger partial charge is 0.497 e. The van der Waals surface area contributed by atoms with E-state index in [0.29, 0.717) is 5.56 Å². The molecule has 7 heteroatoms. The van der Waals surface area contributed by atoms with Crippen LogP contribution in [0.4, 0.5) is 0 Å². The number of rotatable bonds is 7. The van der Waals surface area contributed by atoms with Gasteiger partial charge in [-0.3, -0.25) is 4.79 Å². The molecule has 1 fully saturated rings. The van der Waals surface area contributed by atoms with Crippen LogP contribution in [0.5, 0.6) is 11.5 Å². The van der Waals surface area contributed by atoms with Crippen LogP contribution < -0.4 is 9.47 Å². The van der Waals surface area contributed by atoms with Crippen LogP contribution in [0.3, 0.4) is 0 Å². The molecule has 4 aromatic rings. The summed E-state index contributed by atoms with van der Waals surface area (Å²) in [6.45, 7) is 0.739. The Hall–Kier alpha value is -3.45. The molecule has 5 rings (SSSR count). The Morgan fingerprint density at radius 2 is 1.94 bits per heavy atom. The Bertz CT molecular complexity index is 1270. The van der Waals surface area contributed by atoms with E-state index in [1.54, 1.807) is 26.0 Å². The first-order valence-corrected chi connectivity index (χ1v) is 12.3. The van der Waals surface area contributed by atoms with Gasteiger partial charge in [-0.2, -0.15) is 0 Å². The monoisotopic (exact) mass is 473 g/mol. The minimum absolute atomic E-state index is 0.00236. The summed E-state index contributed by atoms with van der Waals surface area (Å²) < 4.78 is 13.0. The number of hydrogen-bond donors (Lipinski definition) is 0. The van der Waals surface area contributed by atoms with E-state index in [1.807, 2.05) is 76.2 Å². The molecule has 2 aromatic heterocycles. The van der Waals surface area contributed by atoms with E-state index in [2.05, 4.69) is 11.2 Å². The van der Waals surface area contributed by atoms with Crippen LogP contribution in [0.15, 0.2) is 78.0 Å². The number of methoxy groups -OCH3 is 2. The number of nitrogens with zero attached hydrogens (tertiary/aromatic N) is 3. The number of carbonyl (C=O) groups is 1. The quantitative estimate of drug-likeness (QED) is 0.326. The Labute approximate surface area is 203 Å². The SMILES string of the molecule is COc1ccc(C2CCCN2C(=O)c2ccc(SCc3cn4ccccc4n3)cc2)c(OC)c1. The Morgan fingerprint density at radius 3 is 2.71 bits per heavy atom. The average molecular weight is 474 g/mol. The van der Waals surface area contributed by atoms with Crippen LogP contribution in [-0.2, 0) is 5.75 Å². The number of amides is 1. The summed E-state index contributed by atoms with van der Waals surface area (Å²) in [5.41, 5.74) is 3.71. The van der Waals surface area contributed by atoms with Crippen LogP contribution in [0.25, 0.3) is 5.65 Å². The molecule has 0 radical (unpaired) electrons. The maximum absolute atomic E-state index is 13.4. The predicted molar refractivity (Wildman–Crippen MR) is 134 cm³/mol. The molecule has 1 amide bonds. The van der Waals surface area contributed by atoms with Gasteiger partial charge in [0.25, 0.3) is 5.91 Å². The van der Waals surface area contributed by atoms with Crippen molar-refractivity contribution in [3.05, 3.63) is 89.9 Å². The molecule has 34 heavy (non-hydrogen) atoms. The van der Waals surface area contributed by atoms with Crippen molar-refractivity contribution in [3.63, 3.8) is 0 Å². The van der Waals surface area contributed by atoms with Gasteiger partial charge in [-0.05, 0) is 61.4 Å². The fourth-order valence-electron chi connectivity index (χ4n) is 4.50. The lowest BCUT2D eigenvalue weighted by atomic mass is 10.0. The lowest BCUT2D eigenvalue weighted by molar-refractivity contribution is 0.0734. The third kappa shape index (κ3) is 4.48. The molecule has 0 N–H and O–H groups in total. The third-order valence-electron chi connectivity index (χ3n) is 6.22. The standard InChI is InChI=1S/C27H27N3O3S/c1-32-21-10-13-23(25(16-21)33-2)24-6-5-15-30(24)27(31)19-8-11-22(12-9-19)34-18-20-17-29-14-4-3-7-26(29)28-20/h3-4,7-14,16-17,24H,5-6,15,18H2,1-2H3. The van der Waals surface area contributed by atoms with Gasteiger partial charge in [-0.25, -0.2) is 4.98 Å². The van der Waals surface area contributed by atoms with Crippen LogP contribution in [0.2, 0.25) is 0 Å². The van der Waals surface area contributed by atoms with E-state index in [9.17, 15) is 4.79 Å². The average Bonchev–Trinajstić information content (AvgIpc) is 3.54. The molecule has 1 saturated heterocycles. The lowest BCUT2D eigenvalue weighted by Crippen LogP contribution is -2.30. The Morgan fingerprint density at radius 1 is 1.09 bits per heavy atom. The Kier molecular flexibility index (Phi) is 6.45. The minimum atomic E-state index is -0.00236. The summed E-state index contributed by atoms with van der Waals surface area (Å²) >= 11 is 1.72. The van der Waals surface area contributed by atoms with E-state index >= 15 is 0 Å². The van der Waals surface area contributed by atoms with Gasteiger partial charge in [0.2, 0.25) is 0 Å². The van der Waals surface area contributed by atoms with E-state index in [0.717, 1.165) is 58.4 Å². The highest BCUT2D eigenvalue weighted by atomic mass is 32.2. The summed E-state index contributed by atoms with van der Waals surface area (Å²) in [7, 11) is 3.29. The van der Waals surface area contributed by atoms with Crippen LogP contribution in [-0.4, -0.2) is 41.0 Å². The fraction of sp³-hybridized carbons (Fsp3) is 0.259. The second kappa shape index (κ2) is 9.81. The summed E-state index contributed by atoms with van der Waals surface area (Å²) in [5.74, 6) is 2.33. The van der Waals surface area contributed by atoms with Crippen molar-refractivity contribution >= 4 is 23.3 Å². The first-order valence-electron chi connectivity index (χ1n) is 11.3. The topological polar surface area (TPSA) is 56.1 Å². The van der Waals surface area contributed by atoms with Gasteiger partial charge in [0.15, 0.2) is 0 Å². The smallest absolute Gasteiger partial charge is 0.254 e. The first-order chi connectivity index (χ1) is 16.7. The summed E-state index contributed by atoms with van der Waals surface area (Å²) in [5, 5.41) is 0. The van der Waals surface area contributed by atoms with Gasteiger partial charge in [0, 0.05) is 46.8 Å². The van der Waals surface area contributed by atoms with Crippen molar-refractivity contribution in [1.29, 1.82) is 0 Å². The highest BCUT2D eigenvalue weighted by molar-refractivity contribution is 7.98. The van der Waals surface area contributed by atoms with E-state index in [-0.39, 0.29) is 11.9 Å². The molecule has 174 valence electrons. The molecule has 0 saturated carbocycles. The maximum Gasteiger partial charge on any atom is 0.254 e. The predicted octanol–water partition coefficient (Wildman–Crippen LogP) is 5.62. The zero-order chi connectivity index (χ0) is 23.5. The third-order valence-corrected chi connectivity index (χ3v) is 7.26. The van der Waals surface area contributed by atoms with Gasteiger partial charge in [0.1, 0.15) is 17.1 Å². The number of ether oxygens (including phenoxy) is 2. The van der Waals surface area contributed by atoms with Crippen LogP contribution in [0.1, 0.15) is 40.5 Å². The number of thioether (sulfide) groups is 1. The zero-order valence-electron chi connectivity index (χ0n) is 19.3. The van der Waals surface area contributed by atoms with Crippen LogP contribution >= 0.6 is 11.8 Å². The molecular formula is C27H27N3O3S. The van der Waals surface area contributed by atoms with Crippen molar-refractivity contribution in [2.45, 2.75) is 29.5 Å². The fourth-order valence-corrected chi connectivity index (χ4v) is 5.28. The Balaban J connectivity index is 1.27. The number of carbonyl (C=O) groups excluding carboxylic acids is 1. The molecule has 2 aromatic carbocycles. The highest BCUT2D eigenvalue weighted by Gasteiger charge is 2.32. The number of fused-ring (bicyclic) bond motifs is 1. The van der Waals surface area contributed by atoms with Crippen LogP contribution in [0, 0.1) is 0 Å². The van der Waals surface area contributed by atoms with E-state index in [4.69, 9.17) is 9.47 Å². The number of hydrogen-bond acceptors (Lipinski definition) is 5. The second-order valence-electron chi connectivity index (χ2n) is 8.28. The van der Waals surface area contributed by atoms with Crippen molar-refractivity contribution in [2.75, 3.05) is 20.8 Å². The van der Waals surface area contributed by atoms with Crippen molar-refractivity contribution in [1.82, 2.24) is 14.3 Å². The first kappa shape index (κ1) is 22.3. The number of benzene rings is 2. The van der Waals surface area contributed by atoms with Gasteiger partial charge in [0.05, 0.1) is 26.0 Å². The number of aromatic nitrogens is 2. The molecule has 1 unspecified atom stereocenters. The van der Waals surface area contributed by atoms with Gasteiger partial charge in [-0.15, -0.1) is 11.8 Å². The molecule has 0 aliphatic carbocycles. The number of pyridine rings is 1. The maximum atomic E-state index is 13.4. The minimum Gasteiger partial charge on any atom is -0.497 e. The molecule has 1 aliphatic rings. The molecule has 1 atom stereocenters.